The van der Waals surface area contributed by atoms with E-state index in [2.05, 4.69) is 23.9 Å². The molecule has 1 aliphatic rings. The Balaban J connectivity index is 2.13. The van der Waals surface area contributed by atoms with Crippen LogP contribution in [0.25, 0.3) is 0 Å². The van der Waals surface area contributed by atoms with E-state index in [1.807, 2.05) is 19.1 Å². The molecule has 0 aromatic carbocycles. The number of hydrogen-bond donors (Lipinski definition) is 1. The number of hydrogen-bond acceptors (Lipinski definition) is 3. The Labute approximate surface area is 104 Å². The summed E-state index contributed by atoms with van der Waals surface area (Å²) >= 11 is 0. The average Bonchev–Trinajstić information content (AvgIpc) is 2.32. The molecule has 0 saturated heterocycles. The lowest BCUT2D eigenvalue weighted by molar-refractivity contribution is 0.340. The zero-order chi connectivity index (χ0) is 12.4. The second kappa shape index (κ2) is 4.94. The van der Waals surface area contributed by atoms with E-state index in [-0.39, 0.29) is 0 Å². The Kier molecular flexibility index (Phi) is 3.55. The molecule has 1 saturated carbocycles. The summed E-state index contributed by atoms with van der Waals surface area (Å²) in [5.74, 6) is 1.83. The molecular weight excluding hydrogens is 210 g/mol. The van der Waals surface area contributed by atoms with E-state index in [0.717, 1.165) is 23.1 Å². The monoisotopic (exact) mass is 233 g/mol. The van der Waals surface area contributed by atoms with Crippen LogP contribution in [0.15, 0.2) is 12.1 Å². The molecule has 2 N–H and O–H groups in total. The van der Waals surface area contributed by atoms with Crippen LogP contribution >= 0.6 is 0 Å². The molecule has 0 aliphatic heterocycles. The van der Waals surface area contributed by atoms with Crippen molar-refractivity contribution in [2.75, 3.05) is 17.7 Å². The van der Waals surface area contributed by atoms with Crippen LogP contribution in [0.5, 0.6) is 0 Å². The number of rotatable bonds is 2. The maximum Gasteiger partial charge on any atom is 0.152 e. The van der Waals surface area contributed by atoms with Gasteiger partial charge in [-0.05, 0) is 50.7 Å². The summed E-state index contributed by atoms with van der Waals surface area (Å²) < 4.78 is 0. The van der Waals surface area contributed by atoms with Crippen molar-refractivity contribution in [1.82, 2.24) is 4.98 Å². The van der Waals surface area contributed by atoms with Crippen molar-refractivity contribution < 1.29 is 0 Å². The summed E-state index contributed by atoms with van der Waals surface area (Å²) in [6.45, 7) is 4.36. The van der Waals surface area contributed by atoms with Crippen molar-refractivity contribution in [1.29, 1.82) is 0 Å². The molecule has 3 heteroatoms. The molecule has 0 bridgehead atoms. The van der Waals surface area contributed by atoms with Gasteiger partial charge < -0.3 is 10.6 Å². The highest BCUT2D eigenvalue weighted by atomic mass is 15.2. The van der Waals surface area contributed by atoms with Crippen molar-refractivity contribution >= 4 is 11.5 Å². The average molecular weight is 233 g/mol. The van der Waals surface area contributed by atoms with Crippen molar-refractivity contribution in [2.24, 2.45) is 5.92 Å². The van der Waals surface area contributed by atoms with Gasteiger partial charge in [0.25, 0.3) is 0 Å². The van der Waals surface area contributed by atoms with E-state index in [1.165, 1.54) is 25.7 Å². The summed E-state index contributed by atoms with van der Waals surface area (Å²) in [4.78, 5) is 6.84. The van der Waals surface area contributed by atoms with E-state index < -0.39 is 0 Å². The normalized spacial score (nSPS) is 24.6. The van der Waals surface area contributed by atoms with Gasteiger partial charge in [0.2, 0.25) is 0 Å². The lowest BCUT2D eigenvalue weighted by atomic mass is 9.87. The molecule has 1 aliphatic carbocycles. The van der Waals surface area contributed by atoms with Gasteiger partial charge in [-0.15, -0.1) is 0 Å². The van der Waals surface area contributed by atoms with Gasteiger partial charge >= 0.3 is 0 Å². The lowest BCUT2D eigenvalue weighted by Gasteiger charge is -2.34. The van der Waals surface area contributed by atoms with E-state index in [9.17, 15) is 0 Å². The highest BCUT2D eigenvalue weighted by molar-refractivity contribution is 5.63. The minimum atomic E-state index is 0.600. The highest BCUT2D eigenvalue weighted by Gasteiger charge is 2.23. The molecule has 1 aromatic heterocycles. The number of nitrogens with two attached hydrogens (primary N) is 1. The third kappa shape index (κ3) is 2.71. The van der Waals surface area contributed by atoms with E-state index in [1.54, 1.807) is 0 Å². The number of aromatic nitrogens is 1. The fourth-order valence-corrected chi connectivity index (χ4v) is 2.64. The zero-order valence-electron chi connectivity index (χ0n) is 11.1. The van der Waals surface area contributed by atoms with Gasteiger partial charge in [-0.1, -0.05) is 6.92 Å². The van der Waals surface area contributed by atoms with E-state index in [0.29, 0.717) is 6.04 Å². The standard InChI is InChI=1S/C14H23N3/c1-10-4-7-12(8-5-10)17(3)14-13(15)9-6-11(2)16-14/h6,9-10,12H,4-5,7-8,15H2,1-3H3. The predicted octanol–water partition coefficient (Wildman–Crippen LogP) is 2.99. The second-order valence-electron chi connectivity index (χ2n) is 5.39. The van der Waals surface area contributed by atoms with Crippen molar-refractivity contribution in [3.8, 4) is 0 Å². The number of nitrogens with zero attached hydrogens (tertiary/aromatic N) is 2. The molecule has 0 radical (unpaired) electrons. The molecule has 0 amide bonds. The second-order valence-corrected chi connectivity index (χ2v) is 5.39. The van der Waals surface area contributed by atoms with Crippen molar-refractivity contribution in [3.05, 3.63) is 17.8 Å². The number of pyridine rings is 1. The van der Waals surface area contributed by atoms with Crippen LogP contribution < -0.4 is 10.6 Å². The fraction of sp³-hybridized carbons (Fsp3) is 0.643. The van der Waals surface area contributed by atoms with Crippen LogP contribution in [-0.4, -0.2) is 18.1 Å². The summed E-state index contributed by atoms with van der Waals surface area (Å²) in [5, 5.41) is 0. The maximum atomic E-state index is 6.02. The predicted molar refractivity (Wildman–Crippen MR) is 73.2 cm³/mol. The van der Waals surface area contributed by atoms with Gasteiger partial charge in [-0.2, -0.15) is 0 Å². The first-order valence-electron chi connectivity index (χ1n) is 6.54. The van der Waals surface area contributed by atoms with Crippen molar-refractivity contribution in [2.45, 2.75) is 45.6 Å². The third-order valence-electron chi connectivity index (χ3n) is 3.91. The Hall–Kier alpha value is -1.25. The molecule has 1 fully saturated rings. The van der Waals surface area contributed by atoms with Crippen LogP contribution in [0.1, 0.15) is 38.3 Å². The molecule has 3 nitrogen and oxygen atoms in total. The molecule has 0 atom stereocenters. The lowest BCUT2D eigenvalue weighted by Crippen LogP contribution is -2.35. The Bertz CT molecular complexity index is 381. The van der Waals surface area contributed by atoms with Gasteiger partial charge in [-0.3, -0.25) is 0 Å². The Morgan fingerprint density at radius 3 is 2.53 bits per heavy atom. The Morgan fingerprint density at radius 2 is 1.88 bits per heavy atom. The molecular formula is C14H23N3. The van der Waals surface area contributed by atoms with Gasteiger partial charge in [-0.25, -0.2) is 4.98 Å². The molecule has 2 rings (SSSR count). The zero-order valence-corrected chi connectivity index (χ0v) is 11.1. The summed E-state index contributed by atoms with van der Waals surface area (Å²) in [7, 11) is 2.12. The van der Waals surface area contributed by atoms with Crippen LogP contribution in [0.3, 0.4) is 0 Å². The largest absolute Gasteiger partial charge is 0.396 e. The van der Waals surface area contributed by atoms with Crippen LogP contribution in [0, 0.1) is 12.8 Å². The van der Waals surface area contributed by atoms with Gasteiger partial charge in [0.05, 0.1) is 5.69 Å². The molecule has 0 unspecified atom stereocenters. The molecule has 94 valence electrons. The fourth-order valence-electron chi connectivity index (χ4n) is 2.64. The molecule has 1 heterocycles. The first-order valence-corrected chi connectivity index (χ1v) is 6.54. The smallest absolute Gasteiger partial charge is 0.152 e. The van der Waals surface area contributed by atoms with Crippen LogP contribution in [-0.2, 0) is 0 Å². The molecule has 17 heavy (non-hydrogen) atoms. The minimum Gasteiger partial charge on any atom is -0.396 e. The highest BCUT2D eigenvalue weighted by Crippen LogP contribution is 2.30. The number of anilines is 2. The number of nitrogen functional groups attached to an aromatic ring is 1. The Morgan fingerprint density at radius 1 is 1.24 bits per heavy atom. The van der Waals surface area contributed by atoms with Gasteiger partial charge in [0.1, 0.15) is 0 Å². The minimum absolute atomic E-state index is 0.600. The quantitative estimate of drug-likeness (QED) is 0.854. The molecule has 0 spiro atoms. The third-order valence-corrected chi connectivity index (χ3v) is 3.91. The summed E-state index contributed by atoms with van der Waals surface area (Å²) in [6, 6.07) is 4.53. The van der Waals surface area contributed by atoms with Crippen LogP contribution in [0.4, 0.5) is 11.5 Å². The first kappa shape index (κ1) is 12.2. The summed E-state index contributed by atoms with van der Waals surface area (Å²) in [5.41, 5.74) is 7.84. The van der Waals surface area contributed by atoms with E-state index in [4.69, 9.17) is 5.73 Å². The maximum absolute atomic E-state index is 6.02. The number of aryl methyl sites for hydroxylation is 1. The first-order chi connectivity index (χ1) is 8.08. The summed E-state index contributed by atoms with van der Waals surface area (Å²) in [6.07, 6.45) is 5.15. The molecule has 1 aromatic rings. The van der Waals surface area contributed by atoms with Crippen LogP contribution in [0.2, 0.25) is 0 Å². The topological polar surface area (TPSA) is 42.1 Å². The van der Waals surface area contributed by atoms with Gasteiger partial charge in [0.15, 0.2) is 5.82 Å². The van der Waals surface area contributed by atoms with Gasteiger partial charge in [0, 0.05) is 18.8 Å². The van der Waals surface area contributed by atoms with Crippen molar-refractivity contribution in [3.63, 3.8) is 0 Å². The SMILES string of the molecule is Cc1ccc(N)c(N(C)C2CCC(C)CC2)n1. The van der Waals surface area contributed by atoms with E-state index >= 15 is 0 Å².